The Bertz CT molecular complexity index is 427. The van der Waals surface area contributed by atoms with E-state index in [1.54, 1.807) is 6.08 Å². The first kappa shape index (κ1) is 15.4. The molecule has 4 N–H and O–H groups in total. The predicted molar refractivity (Wildman–Crippen MR) is 72.3 cm³/mol. The summed E-state index contributed by atoms with van der Waals surface area (Å²) < 4.78 is 0. The quantitative estimate of drug-likeness (QED) is 0.538. The molecule has 0 saturated heterocycles. The van der Waals surface area contributed by atoms with Crippen LogP contribution in [0.4, 0.5) is 0 Å². The fraction of sp³-hybridized carbons (Fsp3) is 0.357. The minimum Gasteiger partial charge on any atom is -0.394 e. The summed E-state index contributed by atoms with van der Waals surface area (Å²) in [6.45, 7) is 0.358. The van der Waals surface area contributed by atoms with E-state index >= 15 is 0 Å². The number of nitrogens with one attached hydrogen (secondary N) is 1. The molecule has 0 bridgehead atoms. The van der Waals surface area contributed by atoms with Crippen molar-refractivity contribution in [1.29, 1.82) is 0 Å². The minimum atomic E-state index is -1.39. The Balaban J connectivity index is 2.66. The Labute approximate surface area is 112 Å². The summed E-state index contributed by atoms with van der Waals surface area (Å²) in [5.74, 6) is -0.488. The van der Waals surface area contributed by atoms with Crippen LogP contribution < -0.4 is 5.32 Å². The number of aliphatic hydroxyl groups is 3. The van der Waals surface area contributed by atoms with Crippen LogP contribution in [0, 0.1) is 6.92 Å². The summed E-state index contributed by atoms with van der Waals surface area (Å²) in [6, 6.07) is 7.60. The molecule has 1 rings (SSSR count). The first-order chi connectivity index (χ1) is 9.05. The molecule has 1 amide bonds. The van der Waals surface area contributed by atoms with Gasteiger partial charge in [-0.15, -0.1) is 0 Å². The number of hydrogen-bond donors (Lipinski definition) is 4. The maximum atomic E-state index is 11.6. The molecule has 0 aliphatic heterocycles. The van der Waals surface area contributed by atoms with E-state index in [1.807, 2.05) is 31.2 Å². The zero-order chi connectivity index (χ0) is 14.3. The molecule has 1 aromatic carbocycles. The SMILES string of the molecule is Cc1ccc(/C=C/C(=O)NC(CO)(CO)CO)cc1. The van der Waals surface area contributed by atoms with Crippen molar-refractivity contribution >= 4 is 12.0 Å². The standard InChI is InChI=1S/C14H19NO4/c1-11-2-4-12(5-3-11)6-7-13(19)15-14(8-16,9-17)10-18/h2-7,16-18H,8-10H2,1H3,(H,15,19)/b7-6+. The second kappa shape index (κ2) is 7.04. The van der Waals surface area contributed by atoms with Crippen LogP contribution in [0.2, 0.25) is 0 Å². The van der Waals surface area contributed by atoms with Gasteiger partial charge >= 0.3 is 0 Å². The van der Waals surface area contributed by atoms with Gasteiger partial charge in [-0.25, -0.2) is 0 Å². The van der Waals surface area contributed by atoms with Crippen molar-refractivity contribution in [2.45, 2.75) is 12.5 Å². The van der Waals surface area contributed by atoms with Gasteiger partial charge in [-0.2, -0.15) is 0 Å². The number of aliphatic hydroxyl groups excluding tert-OH is 3. The summed E-state index contributed by atoms with van der Waals surface area (Å²) in [7, 11) is 0. The number of carbonyl (C=O) groups is 1. The van der Waals surface area contributed by atoms with Crippen molar-refractivity contribution in [3.05, 3.63) is 41.5 Å². The third-order valence-corrected chi connectivity index (χ3v) is 2.80. The second-order valence-electron chi connectivity index (χ2n) is 4.49. The highest BCUT2D eigenvalue weighted by Crippen LogP contribution is 2.06. The van der Waals surface area contributed by atoms with Crippen molar-refractivity contribution in [1.82, 2.24) is 5.32 Å². The molecular weight excluding hydrogens is 246 g/mol. The molecule has 0 radical (unpaired) electrons. The van der Waals surface area contributed by atoms with Gasteiger partial charge < -0.3 is 20.6 Å². The van der Waals surface area contributed by atoms with Crippen LogP contribution in [-0.4, -0.2) is 46.6 Å². The maximum absolute atomic E-state index is 11.6. The van der Waals surface area contributed by atoms with E-state index in [9.17, 15) is 4.79 Å². The van der Waals surface area contributed by atoms with Crippen LogP contribution in [0.25, 0.3) is 6.08 Å². The lowest BCUT2D eigenvalue weighted by molar-refractivity contribution is -0.120. The molecule has 104 valence electrons. The van der Waals surface area contributed by atoms with Gasteiger partial charge in [0, 0.05) is 6.08 Å². The van der Waals surface area contributed by atoms with Gasteiger partial charge in [-0.3, -0.25) is 4.79 Å². The van der Waals surface area contributed by atoms with Crippen molar-refractivity contribution in [2.75, 3.05) is 19.8 Å². The molecule has 0 unspecified atom stereocenters. The van der Waals surface area contributed by atoms with Crippen molar-refractivity contribution in [3.63, 3.8) is 0 Å². The lowest BCUT2D eigenvalue weighted by Crippen LogP contribution is -2.56. The molecule has 0 atom stereocenters. The molecular formula is C14H19NO4. The molecule has 5 heteroatoms. The smallest absolute Gasteiger partial charge is 0.244 e. The lowest BCUT2D eigenvalue weighted by Gasteiger charge is -2.27. The topological polar surface area (TPSA) is 89.8 Å². The van der Waals surface area contributed by atoms with E-state index in [2.05, 4.69) is 5.32 Å². The first-order valence-corrected chi connectivity index (χ1v) is 5.95. The summed E-state index contributed by atoms with van der Waals surface area (Å²) in [6.07, 6.45) is 2.91. The molecule has 0 aliphatic carbocycles. The molecule has 0 saturated carbocycles. The number of benzene rings is 1. The Morgan fingerprint density at radius 2 is 1.68 bits per heavy atom. The van der Waals surface area contributed by atoms with E-state index in [-0.39, 0.29) is 0 Å². The molecule has 19 heavy (non-hydrogen) atoms. The van der Waals surface area contributed by atoms with Gasteiger partial charge in [-0.05, 0) is 18.6 Å². The zero-order valence-electron chi connectivity index (χ0n) is 10.8. The number of hydrogen-bond acceptors (Lipinski definition) is 4. The molecule has 0 fully saturated rings. The second-order valence-corrected chi connectivity index (χ2v) is 4.49. The van der Waals surface area contributed by atoms with E-state index in [1.165, 1.54) is 6.08 Å². The van der Waals surface area contributed by atoms with E-state index in [0.29, 0.717) is 0 Å². The van der Waals surface area contributed by atoms with Crippen molar-refractivity contribution in [3.8, 4) is 0 Å². The molecule has 1 aromatic rings. The zero-order valence-corrected chi connectivity index (χ0v) is 10.8. The van der Waals surface area contributed by atoms with Gasteiger partial charge in [0.25, 0.3) is 0 Å². The van der Waals surface area contributed by atoms with Crippen LogP contribution in [0.1, 0.15) is 11.1 Å². The monoisotopic (exact) mass is 265 g/mol. The fourth-order valence-corrected chi connectivity index (χ4v) is 1.42. The average molecular weight is 265 g/mol. The van der Waals surface area contributed by atoms with Crippen molar-refractivity contribution < 1.29 is 20.1 Å². The summed E-state index contributed by atoms with van der Waals surface area (Å²) >= 11 is 0. The molecule has 5 nitrogen and oxygen atoms in total. The largest absolute Gasteiger partial charge is 0.394 e. The van der Waals surface area contributed by atoms with Gasteiger partial charge in [0.05, 0.1) is 19.8 Å². The fourth-order valence-electron chi connectivity index (χ4n) is 1.42. The maximum Gasteiger partial charge on any atom is 0.244 e. The average Bonchev–Trinajstić information content (AvgIpc) is 2.44. The Hall–Kier alpha value is -1.69. The third-order valence-electron chi connectivity index (χ3n) is 2.80. The normalized spacial score (nSPS) is 11.8. The predicted octanol–water partition coefficient (Wildman–Crippen LogP) is -0.160. The molecule has 0 aromatic heterocycles. The van der Waals surface area contributed by atoms with Gasteiger partial charge in [0.2, 0.25) is 5.91 Å². The van der Waals surface area contributed by atoms with Crippen LogP contribution in [0.5, 0.6) is 0 Å². The molecule has 0 aliphatic rings. The number of rotatable bonds is 6. The molecule has 0 heterocycles. The number of carbonyl (C=O) groups excluding carboxylic acids is 1. The highest BCUT2D eigenvalue weighted by molar-refractivity contribution is 5.92. The van der Waals surface area contributed by atoms with Crippen LogP contribution in [0.3, 0.4) is 0 Å². The first-order valence-electron chi connectivity index (χ1n) is 5.95. The van der Waals surface area contributed by atoms with E-state index < -0.39 is 31.3 Å². The van der Waals surface area contributed by atoms with Gasteiger partial charge in [-0.1, -0.05) is 29.8 Å². The van der Waals surface area contributed by atoms with Gasteiger partial charge in [0.1, 0.15) is 5.54 Å². The number of aryl methyl sites for hydroxylation is 1. The van der Waals surface area contributed by atoms with E-state index in [4.69, 9.17) is 15.3 Å². The Kier molecular flexibility index (Phi) is 5.69. The third kappa shape index (κ3) is 4.48. The molecule has 0 spiro atoms. The van der Waals surface area contributed by atoms with E-state index in [0.717, 1.165) is 11.1 Å². The summed E-state index contributed by atoms with van der Waals surface area (Å²) in [5, 5.41) is 29.6. The van der Waals surface area contributed by atoms with Crippen molar-refractivity contribution in [2.24, 2.45) is 0 Å². The van der Waals surface area contributed by atoms with Crippen LogP contribution in [0.15, 0.2) is 30.3 Å². The highest BCUT2D eigenvalue weighted by Gasteiger charge is 2.28. The highest BCUT2D eigenvalue weighted by atomic mass is 16.3. The lowest BCUT2D eigenvalue weighted by atomic mass is 10.0. The van der Waals surface area contributed by atoms with Crippen LogP contribution >= 0.6 is 0 Å². The van der Waals surface area contributed by atoms with Crippen LogP contribution in [-0.2, 0) is 4.79 Å². The summed E-state index contributed by atoms with van der Waals surface area (Å²) in [5.41, 5.74) is 0.596. The minimum absolute atomic E-state index is 0.488. The summed E-state index contributed by atoms with van der Waals surface area (Å²) in [4.78, 5) is 11.6. The number of amides is 1. The van der Waals surface area contributed by atoms with Gasteiger partial charge in [0.15, 0.2) is 0 Å². The Morgan fingerprint density at radius 1 is 1.16 bits per heavy atom. The Morgan fingerprint density at radius 3 is 2.16 bits per heavy atom.